The molecule has 6 nitrogen and oxygen atoms in total. The molecular weight excluding hydrogens is 266 g/mol. The van der Waals surface area contributed by atoms with Gasteiger partial charge in [-0.25, -0.2) is 9.97 Å². The highest BCUT2D eigenvalue weighted by atomic mass is 16.3. The fourth-order valence-electron chi connectivity index (χ4n) is 2.94. The molecule has 1 atom stereocenters. The van der Waals surface area contributed by atoms with Gasteiger partial charge in [0.1, 0.15) is 5.69 Å². The summed E-state index contributed by atoms with van der Waals surface area (Å²) in [5.74, 6) is 1.23. The van der Waals surface area contributed by atoms with Crippen molar-refractivity contribution in [3.8, 4) is 11.5 Å². The molecule has 1 aliphatic rings. The molecule has 0 bridgehead atoms. The Kier molecular flexibility index (Phi) is 4.26. The third kappa shape index (κ3) is 3.11. The smallest absolute Gasteiger partial charge is 0.159 e. The molecule has 112 valence electrons. The van der Waals surface area contributed by atoms with Gasteiger partial charge in [0.2, 0.25) is 0 Å². The maximum absolute atomic E-state index is 9.09. The fraction of sp³-hybridized carbons (Fsp3) is 0.533. The topological polar surface area (TPSA) is 67.1 Å². The SMILES string of the molecule is Cn1ccnc1-c1cncc([C@H]2CCCN(CCO)C2)n1. The number of hydrogen-bond donors (Lipinski definition) is 1. The molecule has 1 fully saturated rings. The molecule has 6 heteroatoms. The molecule has 1 aliphatic heterocycles. The minimum absolute atomic E-state index is 0.214. The Balaban J connectivity index is 1.81. The van der Waals surface area contributed by atoms with Gasteiger partial charge in [0.25, 0.3) is 0 Å². The maximum Gasteiger partial charge on any atom is 0.159 e. The van der Waals surface area contributed by atoms with Gasteiger partial charge in [-0.2, -0.15) is 0 Å². The molecule has 0 aliphatic carbocycles. The summed E-state index contributed by atoms with van der Waals surface area (Å²) in [4.78, 5) is 15.7. The molecule has 2 aromatic heterocycles. The molecule has 0 aromatic carbocycles. The van der Waals surface area contributed by atoms with Gasteiger partial charge < -0.3 is 14.6 Å². The number of piperidine rings is 1. The van der Waals surface area contributed by atoms with Crippen LogP contribution in [-0.4, -0.2) is 55.8 Å². The van der Waals surface area contributed by atoms with Crippen molar-refractivity contribution in [1.29, 1.82) is 0 Å². The lowest BCUT2D eigenvalue weighted by Crippen LogP contribution is -2.36. The van der Waals surface area contributed by atoms with E-state index in [1.165, 1.54) is 0 Å². The van der Waals surface area contributed by atoms with E-state index in [0.717, 1.165) is 49.7 Å². The minimum Gasteiger partial charge on any atom is -0.395 e. The van der Waals surface area contributed by atoms with Crippen LogP contribution in [0, 0.1) is 0 Å². The summed E-state index contributed by atoms with van der Waals surface area (Å²) in [6.07, 6.45) is 9.57. The predicted octanol–water partition coefficient (Wildman–Crippen LogP) is 1.05. The van der Waals surface area contributed by atoms with Gasteiger partial charge in [-0.3, -0.25) is 4.98 Å². The largest absolute Gasteiger partial charge is 0.395 e. The Morgan fingerprint density at radius 1 is 1.38 bits per heavy atom. The van der Waals surface area contributed by atoms with Crippen molar-refractivity contribution in [1.82, 2.24) is 24.4 Å². The highest BCUT2D eigenvalue weighted by Gasteiger charge is 2.22. The molecule has 0 amide bonds. The van der Waals surface area contributed by atoms with Crippen LogP contribution < -0.4 is 0 Å². The fourth-order valence-corrected chi connectivity index (χ4v) is 2.94. The molecular formula is C15H21N5O. The number of aryl methyl sites for hydroxylation is 1. The first kappa shape index (κ1) is 14.2. The van der Waals surface area contributed by atoms with Gasteiger partial charge in [0, 0.05) is 44.6 Å². The number of aliphatic hydroxyl groups excluding tert-OH is 1. The Labute approximate surface area is 124 Å². The zero-order valence-corrected chi connectivity index (χ0v) is 12.3. The molecule has 3 heterocycles. The van der Waals surface area contributed by atoms with Gasteiger partial charge in [0.05, 0.1) is 18.5 Å². The van der Waals surface area contributed by atoms with Crippen molar-refractivity contribution in [3.63, 3.8) is 0 Å². The van der Waals surface area contributed by atoms with Crippen molar-refractivity contribution in [2.75, 3.05) is 26.2 Å². The lowest BCUT2D eigenvalue weighted by atomic mass is 9.95. The van der Waals surface area contributed by atoms with Gasteiger partial charge in [0.15, 0.2) is 5.82 Å². The maximum atomic E-state index is 9.09. The molecule has 0 spiro atoms. The number of aromatic nitrogens is 4. The third-order valence-corrected chi connectivity index (χ3v) is 4.04. The Morgan fingerprint density at radius 3 is 3.05 bits per heavy atom. The molecule has 2 aromatic rings. The standard InChI is InChI=1S/C15H21N5O/c1-19-6-4-17-15(19)14-10-16-9-13(18-14)12-3-2-5-20(11-12)7-8-21/h4,6,9-10,12,21H,2-3,5,7-8,11H2,1H3/t12-/m0/s1. The number of aliphatic hydroxyl groups is 1. The van der Waals surface area contributed by atoms with Crippen LogP contribution in [0.25, 0.3) is 11.5 Å². The normalized spacial score (nSPS) is 19.8. The second-order valence-electron chi connectivity index (χ2n) is 5.55. The number of likely N-dealkylation sites (tertiary alicyclic amines) is 1. The first-order valence-electron chi connectivity index (χ1n) is 7.41. The van der Waals surface area contributed by atoms with E-state index in [4.69, 9.17) is 10.1 Å². The second-order valence-corrected chi connectivity index (χ2v) is 5.55. The molecule has 0 unspecified atom stereocenters. The van der Waals surface area contributed by atoms with Crippen LogP contribution in [0.15, 0.2) is 24.8 Å². The Bertz CT molecular complexity index is 595. The average Bonchev–Trinajstić information content (AvgIpc) is 2.94. The van der Waals surface area contributed by atoms with Crippen molar-refractivity contribution in [3.05, 3.63) is 30.5 Å². The Hall–Kier alpha value is -1.79. The number of rotatable bonds is 4. The first-order chi connectivity index (χ1) is 10.3. The molecule has 1 N–H and O–H groups in total. The van der Waals surface area contributed by atoms with Crippen molar-refractivity contribution in [2.45, 2.75) is 18.8 Å². The predicted molar refractivity (Wildman–Crippen MR) is 79.7 cm³/mol. The summed E-state index contributed by atoms with van der Waals surface area (Å²) in [7, 11) is 1.96. The van der Waals surface area contributed by atoms with Crippen LogP contribution in [0.2, 0.25) is 0 Å². The molecule has 21 heavy (non-hydrogen) atoms. The van der Waals surface area contributed by atoms with Crippen LogP contribution >= 0.6 is 0 Å². The highest BCUT2D eigenvalue weighted by Crippen LogP contribution is 2.26. The summed E-state index contributed by atoms with van der Waals surface area (Å²) >= 11 is 0. The number of nitrogens with zero attached hydrogens (tertiary/aromatic N) is 5. The van der Waals surface area contributed by atoms with E-state index < -0.39 is 0 Å². The summed E-state index contributed by atoms with van der Waals surface area (Å²) in [6.45, 7) is 2.96. The lowest BCUT2D eigenvalue weighted by Gasteiger charge is -2.31. The number of imidazole rings is 1. The second kappa shape index (κ2) is 6.32. The summed E-state index contributed by atoms with van der Waals surface area (Å²) in [6, 6.07) is 0. The van der Waals surface area contributed by atoms with Gasteiger partial charge in [-0.1, -0.05) is 0 Å². The van der Waals surface area contributed by atoms with E-state index >= 15 is 0 Å². The summed E-state index contributed by atoms with van der Waals surface area (Å²) in [5, 5.41) is 9.09. The lowest BCUT2D eigenvalue weighted by molar-refractivity contribution is 0.160. The van der Waals surface area contributed by atoms with Crippen molar-refractivity contribution >= 4 is 0 Å². The monoisotopic (exact) mass is 287 g/mol. The van der Waals surface area contributed by atoms with E-state index in [1.807, 2.05) is 24.0 Å². The number of β-amino-alcohol motifs (C(OH)–C–C–N with tert-alkyl or cyclic N) is 1. The average molecular weight is 287 g/mol. The van der Waals surface area contributed by atoms with E-state index in [1.54, 1.807) is 12.4 Å². The number of hydrogen-bond acceptors (Lipinski definition) is 5. The zero-order valence-electron chi connectivity index (χ0n) is 12.3. The first-order valence-corrected chi connectivity index (χ1v) is 7.41. The van der Waals surface area contributed by atoms with Crippen LogP contribution in [0.1, 0.15) is 24.5 Å². The quantitative estimate of drug-likeness (QED) is 0.910. The van der Waals surface area contributed by atoms with E-state index in [-0.39, 0.29) is 6.61 Å². The highest BCUT2D eigenvalue weighted by molar-refractivity contribution is 5.48. The summed E-state index contributed by atoms with van der Waals surface area (Å²) < 4.78 is 1.95. The van der Waals surface area contributed by atoms with Crippen LogP contribution in [-0.2, 0) is 7.05 Å². The van der Waals surface area contributed by atoms with Crippen molar-refractivity contribution < 1.29 is 5.11 Å². The van der Waals surface area contributed by atoms with Crippen LogP contribution in [0.4, 0.5) is 0 Å². The van der Waals surface area contributed by atoms with Crippen molar-refractivity contribution in [2.24, 2.45) is 7.05 Å². The van der Waals surface area contributed by atoms with Gasteiger partial charge >= 0.3 is 0 Å². The molecule has 1 saturated heterocycles. The molecule has 3 rings (SSSR count). The zero-order chi connectivity index (χ0) is 14.7. The summed E-state index contributed by atoms with van der Waals surface area (Å²) in [5.41, 5.74) is 1.84. The van der Waals surface area contributed by atoms with Gasteiger partial charge in [-0.05, 0) is 19.4 Å². The minimum atomic E-state index is 0.214. The van der Waals surface area contributed by atoms with Crippen LogP contribution in [0.5, 0.6) is 0 Å². The van der Waals surface area contributed by atoms with E-state index in [0.29, 0.717) is 5.92 Å². The van der Waals surface area contributed by atoms with E-state index in [2.05, 4.69) is 14.9 Å². The van der Waals surface area contributed by atoms with Gasteiger partial charge in [-0.15, -0.1) is 0 Å². The third-order valence-electron chi connectivity index (χ3n) is 4.04. The van der Waals surface area contributed by atoms with E-state index in [9.17, 15) is 0 Å². The Morgan fingerprint density at radius 2 is 2.29 bits per heavy atom. The molecule has 0 radical (unpaired) electrons. The molecule has 0 saturated carbocycles. The van der Waals surface area contributed by atoms with Crippen LogP contribution in [0.3, 0.4) is 0 Å².